The van der Waals surface area contributed by atoms with Gasteiger partial charge in [0.15, 0.2) is 17.4 Å². The van der Waals surface area contributed by atoms with Crippen molar-refractivity contribution >= 4 is 11.6 Å². The molecule has 2 aromatic heterocycles. The molecule has 0 fully saturated rings. The zero-order chi connectivity index (χ0) is 17.2. The number of guanidine groups is 1. The third-order valence-electron chi connectivity index (χ3n) is 4.02. The van der Waals surface area contributed by atoms with Crippen LogP contribution >= 0.6 is 0 Å². The summed E-state index contributed by atoms with van der Waals surface area (Å²) in [4.78, 5) is 4.26. The summed E-state index contributed by atoms with van der Waals surface area (Å²) in [6.45, 7) is 6.12. The Bertz CT molecular complexity index is 631. The number of unbranched alkanes of at least 4 members (excludes halogenated alkanes) is 3. The van der Waals surface area contributed by atoms with Crippen molar-refractivity contribution in [2.24, 2.45) is 10.9 Å². The van der Waals surface area contributed by atoms with Gasteiger partial charge < -0.3 is 10.6 Å². The number of nitrogens with one attached hydrogen (secondary N) is 2. The largest absolute Gasteiger partial charge is 0.356 e. The lowest BCUT2D eigenvalue weighted by Gasteiger charge is -2.11. The monoisotopic (exact) mass is 330 g/mol. The van der Waals surface area contributed by atoms with Crippen LogP contribution in [0.1, 0.15) is 51.8 Å². The Kier molecular flexibility index (Phi) is 7.52. The highest BCUT2D eigenvalue weighted by Gasteiger charge is 2.05. The van der Waals surface area contributed by atoms with Gasteiger partial charge >= 0.3 is 0 Å². The first-order valence-corrected chi connectivity index (χ1v) is 8.94. The zero-order valence-corrected chi connectivity index (χ0v) is 15.1. The topological polar surface area (TPSA) is 66.6 Å². The Morgan fingerprint density at radius 2 is 1.96 bits per heavy atom. The fraction of sp³-hybridized carbons (Fsp3) is 0.611. The molecule has 0 amide bonds. The summed E-state index contributed by atoms with van der Waals surface area (Å²) in [5, 5.41) is 15.0. The first kappa shape index (κ1) is 18.2. The van der Waals surface area contributed by atoms with Crippen molar-refractivity contribution in [1.82, 2.24) is 25.2 Å². The van der Waals surface area contributed by atoms with Crippen molar-refractivity contribution in [3.05, 3.63) is 30.2 Å². The van der Waals surface area contributed by atoms with Gasteiger partial charge in [0, 0.05) is 19.8 Å². The maximum atomic E-state index is 4.26. The second kappa shape index (κ2) is 9.90. The van der Waals surface area contributed by atoms with Crippen LogP contribution in [0.15, 0.2) is 29.4 Å². The highest BCUT2D eigenvalue weighted by atomic mass is 15.3. The molecular weight excluding hydrogens is 300 g/mol. The Hall–Kier alpha value is -2.11. The van der Waals surface area contributed by atoms with Crippen molar-refractivity contribution in [1.29, 1.82) is 0 Å². The summed E-state index contributed by atoms with van der Waals surface area (Å²) < 4.78 is 1.98. The third kappa shape index (κ3) is 5.83. The molecule has 0 aliphatic rings. The number of nitrogens with zero attached hydrogens (tertiary/aromatic N) is 4. The molecule has 0 saturated carbocycles. The lowest BCUT2D eigenvalue weighted by Crippen LogP contribution is -2.37. The smallest absolute Gasteiger partial charge is 0.191 e. The molecule has 0 aliphatic carbocycles. The van der Waals surface area contributed by atoms with Crippen LogP contribution in [0.5, 0.6) is 0 Å². The summed E-state index contributed by atoms with van der Waals surface area (Å²) in [6, 6.07) is 5.89. The third-order valence-corrected chi connectivity index (χ3v) is 4.02. The summed E-state index contributed by atoms with van der Waals surface area (Å²) >= 11 is 0. The van der Waals surface area contributed by atoms with Gasteiger partial charge in [-0.1, -0.05) is 45.6 Å². The zero-order valence-electron chi connectivity index (χ0n) is 15.1. The van der Waals surface area contributed by atoms with Gasteiger partial charge in [0.2, 0.25) is 0 Å². The Morgan fingerprint density at radius 1 is 1.12 bits per heavy atom. The molecule has 2 rings (SSSR count). The van der Waals surface area contributed by atoms with Crippen molar-refractivity contribution in [2.75, 3.05) is 13.6 Å². The predicted octanol–water partition coefficient (Wildman–Crippen LogP) is 3.00. The number of hydrogen-bond donors (Lipinski definition) is 2. The standard InChI is InChI=1S/C18H30N6/c1-15(2)10-6-4-5-8-12-20-18(19-3)21-14-17-23-22-16-11-7-9-13-24(16)17/h7,9,11,13,15H,4-6,8,10,12,14H2,1-3H3,(H2,19,20,21). The molecule has 6 heteroatoms. The molecule has 0 spiro atoms. The fourth-order valence-electron chi connectivity index (χ4n) is 2.63. The van der Waals surface area contributed by atoms with Crippen LogP contribution in [-0.2, 0) is 6.54 Å². The molecular formula is C18H30N6. The quantitative estimate of drug-likeness (QED) is 0.421. The van der Waals surface area contributed by atoms with Crippen LogP contribution in [0, 0.1) is 5.92 Å². The van der Waals surface area contributed by atoms with E-state index in [-0.39, 0.29) is 0 Å². The van der Waals surface area contributed by atoms with Gasteiger partial charge in [0.1, 0.15) is 0 Å². The summed E-state index contributed by atoms with van der Waals surface area (Å²) in [6.07, 6.45) is 8.41. The molecule has 2 aromatic rings. The summed E-state index contributed by atoms with van der Waals surface area (Å²) in [5.74, 6) is 2.51. The molecule has 0 radical (unpaired) electrons. The maximum absolute atomic E-state index is 4.26. The summed E-state index contributed by atoms with van der Waals surface area (Å²) in [7, 11) is 1.79. The van der Waals surface area contributed by atoms with Crippen LogP contribution in [0.4, 0.5) is 0 Å². The lowest BCUT2D eigenvalue weighted by molar-refractivity contribution is 0.518. The molecule has 0 atom stereocenters. The minimum Gasteiger partial charge on any atom is -0.356 e. The van der Waals surface area contributed by atoms with E-state index in [1.165, 1.54) is 32.1 Å². The second-order valence-electron chi connectivity index (χ2n) is 6.49. The van der Waals surface area contributed by atoms with E-state index in [0.717, 1.165) is 29.9 Å². The van der Waals surface area contributed by atoms with Gasteiger partial charge in [-0.25, -0.2) is 0 Å². The number of fused-ring (bicyclic) bond motifs is 1. The average Bonchev–Trinajstić information content (AvgIpc) is 2.99. The van der Waals surface area contributed by atoms with E-state index in [1.807, 2.05) is 28.8 Å². The molecule has 0 unspecified atom stereocenters. The molecule has 0 saturated heterocycles. The van der Waals surface area contributed by atoms with Crippen molar-refractivity contribution in [2.45, 2.75) is 52.5 Å². The highest BCUT2D eigenvalue weighted by molar-refractivity contribution is 5.79. The van der Waals surface area contributed by atoms with Crippen molar-refractivity contribution < 1.29 is 0 Å². The normalized spacial score (nSPS) is 12.1. The van der Waals surface area contributed by atoms with Crippen LogP contribution in [0.25, 0.3) is 5.65 Å². The van der Waals surface area contributed by atoms with Crippen LogP contribution in [0.2, 0.25) is 0 Å². The molecule has 2 N–H and O–H groups in total. The molecule has 0 aliphatic heterocycles. The lowest BCUT2D eigenvalue weighted by atomic mass is 10.0. The van der Waals surface area contributed by atoms with E-state index in [4.69, 9.17) is 0 Å². The molecule has 24 heavy (non-hydrogen) atoms. The van der Waals surface area contributed by atoms with Crippen LogP contribution < -0.4 is 10.6 Å². The van der Waals surface area contributed by atoms with Gasteiger partial charge in [-0.05, 0) is 24.5 Å². The number of pyridine rings is 1. The van der Waals surface area contributed by atoms with E-state index in [2.05, 4.69) is 39.7 Å². The second-order valence-corrected chi connectivity index (χ2v) is 6.49. The highest BCUT2D eigenvalue weighted by Crippen LogP contribution is 2.09. The van der Waals surface area contributed by atoms with E-state index in [1.54, 1.807) is 7.05 Å². The summed E-state index contributed by atoms with van der Waals surface area (Å²) in [5.41, 5.74) is 0.860. The number of aliphatic imine (C=N–C) groups is 1. The molecule has 6 nitrogen and oxygen atoms in total. The minimum absolute atomic E-state index is 0.596. The van der Waals surface area contributed by atoms with Crippen molar-refractivity contribution in [3.8, 4) is 0 Å². The van der Waals surface area contributed by atoms with Crippen molar-refractivity contribution in [3.63, 3.8) is 0 Å². The fourth-order valence-corrected chi connectivity index (χ4v) is 2.63. The Balaban J connectivity index is 1.66. The number of rotatable bonds is 9. The number of hydrogen-bond acceptors (Lipinski definition) is 3. The molecule has 132 valence electrons. The van der Waals surface area contributed by atoms with Gasteiger partial charge in [-0.3, -0.25) is 9.39 Å². The molecule has 0 aromatic carbocycles. The maximum Gasteiger partial charge on any atom is 0.191 e. The van der Waals surface area contributed by atoms with E-state index in [0.29, 0.717) is 6.54 Å². The Morgan fingerprint density at radius 3 is 2.75 bits per heavy atom. The SMILES string of the molecule is CN=C(NCCCCCCC(C)C)NCc1nnc2ccccn12. The molecule has 0 bridgehead atoms. The predicted molar refractivity (Wildman–Crippen MR) is 99.1 cm³/mol. The van der Waals surface area contributed by atoms with Crippen LogP contribution in [0.3, 0.4) is 0 Å². The van der Waals surface area contributed by atoms with Gasteiger partial charge in [0.05, 0.1) is 6.54 Å². The minimum atomic E-state index is 0.596. The first-order valence-electron chi connectivity index (χ1n) is 8.94. The van der Waals surface area contributed by atoms with E-state index >= 15 is 0 Å². The van der Waals surface area contributed by atoms with Crippen LogP contribution in [-0.4, -0.2) is 34.2 Å². The number of aromatic nitrogens is 3. The first-order chi connectivity index (χ1) is 11.7. The van der Waals surface area contributed by atoms with Gasteiger partial charge in [-0.15, -0.1) is 10.2 Å². The van der Waals surface area contributed by atoms with Gasteiger partial charge in [-0.2, -0.15) is 0 Å². The van der Waals surface area contributed by atoms with E-state index < -0.39 is 0 Å². The molecule has 2 heterocycles. The van der Waals surface area contributed by atoms with E-state index in [9.17, 15) is 0 Å². The van der Waals surface area contributed by atoms with Gasteiger partial charge in [0.25, 0.3) is 0 Å². The Labute approximate surface area is 144 Å². The average molecular weight is 330 g/mol.